The molecule has 0 bridgehead atoms. The number of nitrogens with zero attached hydrogens (tertiary/aromatic N) is 1. The minimum Gasteiger partial charge on any atom is -0.330 e. The Kier molecular flexibility index (Phi) is 6.10. The van der Waals surface area contributed by atoms with Crippen LogP contribution in [0.15, 0.2) is 0 Å². The summed E-state index contributed by atoms with van der Waals surface area (Å²) >= 11 is 0. The first-order chi connectivity index (χ1) is 7.22. The predicted octanol–water partition coefficient (Wildman–Crippen LogP) is 2.09. The molecule has 0 aliphatic carbocycles. The summed E-state index contributed by atoms with van der Waals surface area (Å²) in [5, 5.41) is 0. The zero-order valence-electron chi connectivity index (χ0n) is 9.30. The highest BCUT2D eigenvalue weighted by atomic mass is 19.3. The van der Waals surface area contributed by atoms with Crippen molar-refractivity contribution in [3.05, 3.63) is 0 Å². The lowest BCUT2D eigenvalue weighted by molar-refractivity contribution is 0.0894. The van der Waals surface area contributed by atoms with Crippen LogP contribution >= 0.6 is 0 Å². The van der Waals surface area contributed by atoms with E-state index in [1.807, 2.05) is 4.90 Å². The van der Waals surface area contributed by atoms with Gasteiger partial charge in [0, 0.05) is 0 Å². The van der Waals surface area contributed by atoms with Gasteiger partial charge in [-0.3, -0.25) is 4.90 Å². The van der Waals surface area contributed by atoms with E-state index < -0.39 is 6.43 Å². The highest BCUT2D eigenvalue weighted by Gasteiger charge is 2.18. The van der Waals surface area contributed by atoms with Crippen LogP contribution in [0.2, 0.25) is 0 Å². The number of likely N-dealkylation sites (tertiary alicyclic amines) is 1. The third kappa shape index (κ3) is 5.42. The van der Waals surface area contributed by atoms with Crippen LogP contribution in [0.4, 0.5) is 8.78 Å². The summed E-state index contributed by atoms with van der Waals surface area (Å²) in [5.41, 5.74) is 5.47. The lowest BCUT2D eigenvalue weighted by Crippen LogP contribution is -2.29. The molecule has 0 radical (unpaired) electrons. The summed E-state index contributed by atoms with van der Waals surface area (Å²) in [6.45, 7) is 2.36. The first kappa shape index (κ1) is 12.8. The molecule has 1 atom stereocenters. The Morgan fingerprint density at radius 3 is 2.73 bits per heavy atom. The van der Waals surface area contributed by atoms with Crippen molar-refractivity contribution in [1.29, 1.82) is 0 Å². The zero-order chi connectivity index (χ0) is 11.1. The summed E-state index contributed by atoms with van der Waals surface area (Å²) in [4.78, 5) is 1.90. The molecule has 15 heavy (non-hydrogen) atoms. The number of halogens is 2. The fourth-order valence-electron chi connectivity index (χ4n) is 2.30. The van der Waals surface area contributed by atoms with Gasteiger partial charge < -0.3 is 5.73 Å². The zero-order valence-corrected chi connectivity index (χ0v) is 9.30. The van der Waals surface area contributed by atoms with Crippen LogP contribution in [0.5, 0.6) is 0 Å². The Labute approximate surface area is 90.8 Å². The Balaban J connectivity index is 2.22. The van der Waals surface area contributed by atoms with Gasteiger partial charge in [0.2, 0.25) is 0 Å². The topological polar surface area (TPSA) is 29.3 Å². The molecule has 1 rings (SSSR count). The standard InChI is InChI=1S/C11H22F2N2/c12-11(13)9-15-7-2-4-10(5-8-15)3-1-6-14/h10-11H,1-9,14H2. The van der Waals surface area contributed by atoms with Crippen LogP contribution in [0.1, 0.15) is 32.1 Å². The molecule has 2 nitrogen and oxygen atoms in total. The van der Waals surface area contributed by atoms with E-state index in [1.165, 1.54) is 12.8 Å². The molecular formula is C11H22F2N2. The van der Waals surface area contributed by atoms with Crippen LogP contribution in [0.25, 0.3) is 0 Å². The maximum absolute atomic E-state index is 12.2. The van der Waals surface area contributed by atoms with Crippen molar-refractivity contribution in [3.8, 4) is 0 Å². The van der Waals surface area contributed by atoms with Crippen LogP contribution in [-0.2, 0) is 0 Å². The minimum absolute atomic E-state index is 0.0520. The normalized spacial score (nSPS) is 24.4. The molecule has 1 aliphatic rings. The molecule has 0 aromatic rings. The quantitative estimate of drug-likeness (QED) is 0.768. The molecule has 1 unspecified atom stereocenters. The molecule has 1 aliphatic heterocycles. The van der Waals surface area contributed by atoms with Gasteiger partial charge in [0.15, 0.2) is 0 Å². The highest BCUT2D eigenvalue weighted by molar-refractivity contribution is 4.70. The lowest BCUT2D eigenvalue weighted by atomic mass is 9.95. The SMILES string of the molecule is NCCCC1CCCN(CC(F)F)CC1. The van der Waals surface area contributed by atoms with Crippen molar-refractivity contribution < 1.29 is 8.78 Å². The first-order valence-corrected chi connectivity index (χ1v) is 5.93. The van der Waals surface area contributed by atoms with Crippen LogP contribution in [-0.4, -0.2) is 37.5 Å². The lowest BCUT2D eigenvalue weighted by Gasteiger charge is -2.19. The van der Waals surface area contributed by atoms with Gasteiger partial charge in [0.1, 0.15) is 0 Å². The summed E-state index contributed by atoms with van der Waals surface area (Å²) in [6, 6.07) is 0. The molecule has 0 spiro atoms. The van der Waals surface area contributed by atoms with Gasteiger partial charge in [-0.2, -0.15) is 0 Å². The molecule has 1 saturated heterocycles. The molecule has 0 saturated carbocycles. The van der Waals surface area contributed by atoms with Gasteiger partial charge >= 0.3 is 0 Å². The van der Waals surface area contributed by atoms with E-state index in [0.717, 1.165) is 38.9 Å². The number of alkyl halides is 2. The third-order valence-electron chi connectivity index (χ3n) is 3.15. The molecule has 0 aromatic heterocycles. The molecule has 0 amide bonds. The second-order valence-electron chi connectivity index (χ2n) is 4.42. The summed E-state index contributed by atoms with van der Waals surface area (Å²) < 4.78 is 24.4. The van der Waals surface area contributed by atoms with E-state index in [9.17, 15) is 8.78 Å². The monoisotopic (exact) mass is 220 g/mol. The maximum Gasteiger partial charge on any atom is 0.251 e. The Morgan fingerprint density at radius 2 is 2.07 bits per heavy atom. The average Bonchev–Trinajstić information content (AvgIpc) is 2.40. The van der Waals surface area contributed by atoms with Crippen molar-refractivity contribution in [2.75, 3.05) is 26.2 Å². The fourth-order valence-corrected chi connectivity index (χ4v) is 2.30. The maximum atomic E-state index is 12.2. The second kappa shape index (κ2) is 7.12. The van der Waals surface area contributed by atoms with Gasteiger partial charge in [0.25, 0.3) is 6.43 Å². The Hall–Kier alpha value is -0.220. The van der Waals surface area contributed by atoms with E-state index >= 15 is 0 Å². The molecule has 0 aromatic carbocycles. The van der Waals surface area contributed by atoms with Crippen molar-refractivity contribution in [1.82, 2.24) is 4.90 Å². The largest absolute Gasteiger partial charge is 0.330 e. The Morgan fingerprint density at radius 1 is 1.27 bits per heavy atom. The fraction of sp³-hybridized carbons (Fsp3) is 1.00. The Bertz CT molecular complexity index is 165. The van der Waals surface area contributed by atoms with Crippen molar-refractivity contribution in [2.45, 2.75) is 38.5 Å². The number of nitrogens with two attached hydrogens (primary N) is 1. The van der Waals surface area contributed by atoms with Crippen molar-refractivity contribution in [3.63, 3.8) is 0 Å². The minimum atomic E-state index is -2.19. The van der Waals surface area contributed by atoms with Crippen molar-refractivity contribution in [2.24, 2.45) is 11.7 Å². The first-order valence-electron chi connectivity index (χ1n) is 5.93. The molecule has 1 heterocycles. The number of rotatable bonds is 5. The van der Waals surface area contributed by atoms with E-state index in [4.69, 9.17) is 5.73 Å². The highest BCUT2D eigenvalue weighted by Crippen LogP contribution is 2.22. The van der Waals surface area contributed by atoms with E-state index in [-0.39, 0.29) is 6.54 Å². The number of hydrogen-bond donors (Lipinski definition) is 1. The second-order valence-corrected chi connectivity index (χ2v) is 4.42. The van der Waals surface area contributed by atoms with Gasteiger partial charge in [-0.1, -0.05) is 0 Å². The van der Waals surface area contributed by atoms with Crippen molar-refractivity contribution >= 4 is 0 Å². The predicted molar refractivity (Wildman–Crippen MR) is 58.1 cm³/mol. The number of hydrogen-bond acceptors (Lipinski definition) is 2. The van der Waals surface area contributed by atoms with E-state index in [1.54, 1.807) is 0 Å². The summed E-state index contributed by atoms with van der Waals surface area (Å²) in [6.07, 6.45) is 3.35. The molecule has 2 N–H and O–H groups in total. The van der Waals surface area contributed by atoms with Crippen LogP contribution < -0.4 is 5.73 Å². The van der Waals surface area contributed by atoms with E-state index in [0.29, 0.717) is 5.92 Å². The third-order valence-corrected chi connectivity index (χ3v) is 3.15. The van der Waals surface area contributed by atoms with E-state index in [2.05, 4.69) is 0 Å². The molecule has 90 valence electrons. The van der Waals surface area contributed by atoms with Crippen LogP contribution in [0, 0.1) is 5.92 Å². The summed E-state index contributed by atoms with van der Waals surface area (Å²) in [7, 11) is 0. The molecule has 4 heteroatoms. The van der Waals surface area contributed by atoms with Gasteiger partial charge in [0.05, 0.1) is 6.54 Å². The van der Waals surface area contributed by atoms with Gasteiger partial charge in [-0.25, -0.2) is 8.78 Å². The smallest absolute Gasteiger partial charge is 0.251 e. The molecule has 1 fully saturated rings. The summed E-state index contributed by atoms with van der Waals surface area (Å²) in [5.74, 6) is 0.705. The average molecular weight is 220 g/mol. The van der Waals surface area contributed by atoms with Crippen LogP contribution in [0.3, 0.4) is 0 Å². The van der Waals surface area contributed by atoms with Gasteiger partial charge in [-0.15, -0.1) is 0 Å². The van der Waals surface area contributed by atoms with Gasteiger partial charge in [-0.05, 0) is 57.7 Å². The molecular weight excluding hydrogens is 198 g/mol.